The topological polar surface area (TPSA) is 48.0 Å². The Balaban J connectivity index is 1.81. The molecule has 0 aliphatic carbocycles. The van der Waals surface area contributed by atoms with Gasteiger partial charge in [-0.1, -0.05) is 0 Å². The molecular formula is C19H20FN5. The lowest BCUT2D eigenvalue weighted by Gasteiger charge is -2.33. The van der Waals surface area contributed by atoms with Crippen LogP contribution in [-0.4, -0.2) is 53.3 Å². The molecule has 0 amide bonds. The fourth-order valence-electron chi connectivity index (χ4n) is 3.20. The van der Waals surface area contributed by atoms with Gasteiger partial charge in [-0.2, -0.15) is 5.10 Å². The standard InChI is InChI=1S/C19H20FN5/c1-24-10-12-25(13-11-24)19-17(14-6-8-21-9-7-14)18(22-23-19)15-2-4-16(20)5-3-15/h2-9H,10-13H2,1H3,(H,22,23). The molecule has 128 valence electrons. The van der Waals surface area contributed by atoms with Crippen molar-refractivity contribution in [3.05, 3.63) is 54.6 Å². The van der Waals surface area contributed by atoms with Crippen LogP contribution >= 0.6 is 0 Å². The van der Waals surface area contributed by atoms with Gasteiger partial charge in [0.05, 0.1) is 11.3 Å². The number of nitrogens with one attached hydrogen (secondary N) is 1. The minimum absolute atomic E-state index is 0.243. The van der Waals surface area contributed by atoms with Crippen molar-refractivity contribution < 1.29 is 4.39 Å². The van der Waals surface area contributed by atoms with Crippen molar-refractivity contribution in [3.8, 4) is 22.4 Å². The summed E-state index contributed by atoms with van der Waals surface area (Å²) in [6.45, 7) is 3.88. The number of hydrogen-bond donors (Lipinski definition) is 1. The summed E-state index contributed by atoms with van der Waals surface area (Å²) in [6, 6.07) is 10.5. The van der Waals surface area contributed by atoms with Crippen molar-refractivity contribution in [2.75, 3.05) is 38.1 Å². The van der Waals surface area contributed by atoms with Crippen LogP contribution < -0.4 is 4.90 Å². The molecule has 0 unspecified atom stereocenters. The Labute approximate surface area is 146 Å². The highest BCUT2D eigenvalue weighted by Gasteiger charge is 2.23. The summed E-state index contributed by atoms with van der Waals surface area (Å²) in [6.07, 6.45) is 3.56. The van der Waals surface area contributed by atoms with Crippen LogP contribution in [0.3, 0.4) is 0 Å². The first-order chi connectivity index (χ1) is 12.2. The lowest BCUT2D eigenvalue weighted by molar-refractivity contribution is 0.312. The molecule has 2 aromatic heterocycles. The first-order valence-electron chi connectivity index (χ1n) is 8.40. The fourth-order valence-corrected chi connectivity index (χ4v) is 3.20. The van der Waals surface area contributed by atoms with Crippen molar-refractivity contribution in [2.24, 2.45) is 0 Å². The highest BCUT2D eigenvalue weighted by molar-refractivity contribution is 5.89. The second-order valence-electron chi connectivity index (χ2n) is 6.33. The number of hydrogen-bond acceptors (Lipinski definition) is 4. The number of piperazine rings is 1. The molecule has 1 aromatic carbocycles. The third kappa shape index (κ3) is 3.13. The Morgan fingerprint density at radius 3 is 2.28 bits per heavy atom. The number of benzene rings is 1. The van der Waals surface area contributed by atoms with E-state index in [-0.39, 0.29) is 5.82 Å². The van der Waals surface area contributed by atoms with E-state index in [1.54, 1.807) is 24.5 Å². The molecule has 0 saturated carbocycles. The molecular weight excluding hydrogens is 317 g/mol. The Kier molecular flexibility index (Phi) is 4.19. The molecule has 3 heterocycles. The van der Waals surface area contributed by atoms with Gasteiger partial charge in [0.1, 0.15) is 5.82 Å². The monoisotopic (exact) mass is 337 g/mol. The molecule has 6 heteroatoms. The molecule has 25 heavy (non-hydrogen) atoms. The smallest absolute Gasteiger partial charge is 0.159 e. The summed E-state index contributed by atoms with van der Waals surface area (Å²) in [5, 5.41) is 7.78. The van der Waals surface area contributed by atoms with Crippen molar-refractivity contribution in [1.29, 1.82) is 0 Å². The van der Waals surface area contributed by atoms with Crippen LogP contribution in [0.4, 0.5) is 10.2 Å². The average molecular weight is 337 g/mol. The van der Waals surface area contributed by atoms with Crippen LogP contribution in [0.2, 0.25) is 0 Å². The molecule has 1 N–H and O–H groups in total. The molecule has 1 aliphatic rings. The zero-order valence-corrected chi connectivity index (χ0v) is 14.1. The molecule has 3 aromatic rings. The summed E-state index contributed by atoms with van der Waals surface area (Å²) in [5.74, 6) is 0.701. The van der Waals surface area contributed by atoms with E-state index in [9.17, 15) is 4.39 Å². The number of likely N-dealkylation sites (N-methyl/N-ethyl adjacent to an activating group) is 1. The van der Waals surface area contributed by atoms with Gasteiger partial charge in [-0.05, 0) is 49.0 Å². The molecule has 1 saturated heterocycles. The maximum atomic E-state index is 13.3. The third-order valence-electron chi connectivity index (χ3n) is 4.65. The summed E-state index contributed by atoms with van der Waals surface area (Å²) in [7, 11) is 2.13. The van der Waals surface area contributed by atoms with E-state index in [1.165, 1.54) is 12.1 Å². The molecule has 4 rings (SSSR count). The van der Waals surface area contributed by atoms with Gasteiger partial charge in [0.15, 0.2) is 5.82 Å². The van der Waals surface area contributed by atoms with Gasteiger partial charge in [0.2, 0.25) is 0 Å². The minimum Gasteiger partial charge on any atom is -0.352 e. The fraction of sp³-hybridized carbons (Fsp3) is 0.263. The maximum Gasteiger partial charge on any atom is 0.159 e. The number of rotatable bonds is 3. The van der Waals surface area contributed by atoms with Crippen molar-refractivity contribution in [1.82, 2.24) is 20.1 Å². The molecule has 0 spiro atoms. The van der Waals surface area contributed by atoms with Gasteiger partial charge < -0.3 is 9.80 Å². The summed E-state index contributed by atoms with van der Waals surface area (Å²) in [5.41, 5.74) is 3.91. The van der Waals surface area contributed by atoms with E-state index in [0.717, 1.165) is 54.4 Å². The van der Waals surface area contributed by atoms with Crippen LogP contribution in [0.25, 0.3) is 22.4 Å². The van der Waals surface area contributed by atoms with E-state index in [0.29, 0.717) is 0 Å². The Bertz CT molecular complexity index is 836. The number of aromatic amines is 1. The third-order valence-corrected chi connectivity index (χ3v) is 4.65. The summed E-state index contributed by atoms with van der Waals surface area (Å²) >= 11 is 0. The van der Waals surface area contributed by atoms with Crippen LogP contribution in [-0.2, 0) is 0 Å². The van der Waals surface area contributed by atoms with E-state index in [4.69, 9.17) is 0 Å². The molecule has 0 radical (unpaired) electrons. The summed E-state index contributed by atoms with van der Waals surface area (Å²) < 4.78 is 13.3. The van der Waals surface area contributed by atoms with Gasteiger partial charge in [-0.25, -0.2) is 4.39 Å². The predicted octanol–water partition coefficient (Wildman–Crippen LogP) is 3.03. The average Bonchev–Trinajstić information content (AvgIpc) is 3.09. The first kappa shape index (κ1) is 15.8. The number of pyridine rings is 1. The van der Waals surface area contributed by atoms with E-state index in [1.807, 2.05) is 12.1 Å². The molecule has 0 atom stereocenters. The van der Waals surface area contributed by atoms with Gasteiger partial charge in [-0.3, -0.25) is 10.1 Å². The molecule has 0 bridgehead atoms. The normalized spacial score (nSPS) is 15.5. The van der Waals surface area contributed by atoms with Crippen molar-refractivity contribution in [3.63, 3.8) is 0 Å². The Morgan fingerprint density at radius 1 is 0.920 bits per heavy atom. The maximum absolute atomic E-state index is 13.3. The van der Waals surface area contributed by atoms with E-state index < -0.39 is 0 Å². The van der Waals surface area contributed by atoms with Gasteiger partial charge in [-0.15, -0.1) is 0 Å². The second-order valence-corrected chi connectivity index (χ2v) is 6.33. The zero-order valence-electron chi connectivity index (χ0n) is 14.1. The van der Waals surface area contributed by atoms with Crippen LogP contribution in [0.15, 0.2) is 48.8 Å². The SMILES string of the molecule is CN1CCN(c2n[nH]c(-c3ccc(F)cc3)c2-c2ccncc2)CC1. The minimum atomic E-state index is -0.243. The van der Waals surface area contributed by atoms with E-state index in [2.05, 4.69) is 32.0 Å². The lowest BCUT2D eigenvalue weighted by atomic mass is 10.0. The summed E-state index contributed by atoms with van der Waals surface area (Å²) in [4.78, 5) is 8.74. The number of nitrogens with zero attached hydrogens (tertiary/aromatic N) is 4. The highest BCUT2D eigenvalue weighted by Crippen LogP contribution is 2.37. The van der Waals surface area contributed by atoms with Crippen LogP contribution in [0, 0.1) is 5.82 Å². The number of aromatic nitrogens is 3. The van der Waals surface area contributed by atoms with Crippen molar-refractivity contribution in [2.45, 2.75) is 0 Å². The Morgan fingerprint density at radius 2 is 1.60 bits per heavy atom. The number of anilines is 1. The van der Waals surface area contributed by atoms with Gasteiger partial charge >= 0.3 is 0 Å². The second kappa shape index (κ2) is 6.64. The Hall–Kier alpha value is -2.73. The highest BCUT2D eigenvalue weighted by atomic mass is 19.1. The largest absolute Gasteiger partial charge is 0.352 e. The number of halogens is 1. The first-order valence-corrected chi connectivity index (χ1v) is 8.40. The van der Waals surface area contributed by atoms with Gasteiger partial charge in [0.25, 0.3) is 0 Å². The predicted molar refractivity (Wildman–Crippen MR) is 96.9 cm³/mol. The number of H-pyrrole nitrogens is 1. The van der Waals surface area contributed by atoms with Gasteiger partial charge in [0, 0.05) is 44.1 Å². The van der Waals surface area contributed by atoms with Crippen LogP contribution in [0.1, 0.15) is 0 Å². The van der Waals surface area contributed by atoms with E-state index >= 15 is 0 Å². The quantitative estimate of drug-likeness (QED) is 0.798. The molecule has 5 nitrogen and oxygen atoms in total. The molecule has 1 fully saturated rings. The van der Waals surface area contributed by atoms with Crippen molar-refractivity contribution >= 4 is 5.82 Å². The zero-order chi connectivity index (χ0) is 17.2. The van der Waals surface area contributed by atoms with Crippen LogP contribution in [0.5, 0.6) is 0 Å². The molecule has 1 aliphatic heterocycles. The lowest BCUT2D eigenvalue weighted by Crippen LogP contribution is -2.44.